The molecule has 0 fully saturated rings. The molecule has 0 heterocycles. The first-order valence-corrected chi connectivity index (χ1v) is 6.19. The average molecular weight is 281 g/mol. The van der Waals surface area contributed by atoms with Crippen molar-refractivity contribution in [3.05, 3.63) is 35.9 Å². The molecule has 0 aliphatic carbocycles. The average Bonchev–Trinajstić information content (AvgIpc) is 2.35. The molecular weight excluding hydrogens is 262 g/mol. The molecule has 6 heteroatoms. The summed E-state index contributed by atoms with van der Waals surface area (Å²) in [5.74, 6) is -0.945. The number of amides is 1. The van der Waals surface area contributed by atoms with Crippen LogP contribution >= 0.6 is 0 Å². The summed E-state index contributed by atoms with van der Waals surface area (Å²) in [6.07, 6.45) is -2.14. The molecule has 0 saturated heterocycles. The monoisotopic (exact) mass is 281 g/mol. The van der Waals surface area contributed by atoms with Gasteiger partial charge in [0.25, 0.3) is 0 Å². The van der Waals surface area contributed by atoms with E-state index in [-0.39, 0.29) is 6.42 Å². The first-order chi connectivity index (χ1) is 9.28. The van der Waals surface area contributed by atoms with E-state index in [1.165, 1.54) is 0 Å². The lowest BCUT2D eigenvalue weighted by atomic mass is 10.1. The van der Waals surface area contributed by atoms with Crippen LogP contribution in [0.4, 0.5) is 4.79 Å². The van der Waals surface area contributed by atoms with Crippen molar-refractivity contribution in [1.29, 1.82) is 0 Å². The van der Waals surface area contributed by atoms with Gasteiger partial charge in [0.15, 0.2) is 6.10 Å². The number of rotatable bonds is 3. The van der Waals surface area contributed by atoms with Gasteiger partial charge >= 0.3 is 12.1 Å². The van der Waals surface area contributed by atoms with Crippen molar-refractivity contribution >= 4 is 12.1 Å². The minimum atomic E-state index is -1.35. The molecule has 1 atom stereocenters. The second kappa shape index (κ2) is 6.91. The second-order valence-corrected chi connectivity index (χ2v) is 5.23. The summed E-state index contributed by atoms with van der Waals surface area (Å²) in [6.45, 7) is 5.04. The largest absolute Gasteiger partial charge is 0.442 e. The van der Waals surface area contributed by atoms with Crippen LogP contribution < -0.4 is 5.48 Å². The van der Waals surface area contributed by atoms with E-state index in [0.29, 0.717) is 0 Å². The summed E-state index contributed by atoms with van der Waals surface area (Å²) < 4.78 is 4.88. The van der Waals surface area contributed by atoms with Gasteiger partial charge in [-0.2, -0.15) is 0 Å². The fourth-order valence-corrected chi connectivity index (χ4v) is 1.38. The number of ether oxygens (including phenoxy) is 1. The van der Waals surface area contributed by atoms with Crippen LogP contribution in [0.25, 0.3) is 0 Å². The lowest BCUT2D eigenvalue weighted by Crippen LogP contribution is -2.37. The Morgan fingerprint density at radius 3 is 2.40 bits per heavy atom. The van der Waals surface area contributed by atoms with Crippen LogP contribution in [0.2, 0.25) is 0 Å². The highest BCUT2D eigenvalue weighted by atomic mass is 16.7. The molecule has 1 aromatic rings. The summed E-state index contributed by atoms with van der Waals surface area (Å²) in [4.78, 5) is 27.2. The Balaban J connectivity index is 2.37. The zero-order valence-electron chi connectivity index (χ0n) is 11.8. The van der Waals surface area contributed by atoms with E-state index in [9.17, 15) is 14.7 Å². The number of carbonyl (C=O) groups is 2. The smallest absolute Gasteiger partial charge is 0.441 e. The van der Waals surface area contributed by atoms with Crippen molar-refractivity contribution in [2.45, 2.75) is 38.9 Å². The van der Waals surface area contributed by atoms with Gasteiger partial charge in [0.2, 0.25) is 0 Å². The van der Waals surface area contributed by atoms with Crippen LogP contribution in [0.1, 0.15) is 26.3 Å². The van der Waals surface area contributed by atoms with Crippen molar-refractivity contribution in [3.8, 4) is 0 Å². The third kappa shape index (κ3) is 6.19. The maximum atomic E-state index is 11.5. The number of aliphatic hydroxyl groups excluding tert-OH is 1. The van der Waals surface area contributed by atoms with Crippen molar-refractivity contribution < 1.29 is 24.3 Å². The van der Waals surface area contributed by atoms with Crippen LogP contribution in [0.15, 0.2) is 30.3 Å². The van der Waals surface area contributed by atoms with E-state index in [0.717, 1.165) is 5.56 Å². The summed E-state index contributed by atoms with van der Waals surface area (Å²) in [5.41, 5.74) is 1.93. The standard InChI is InChI=1S/C14H19NO5/c1-14(2,3)19-13(18)15-20-12(17)11(16)9-10-7-5-4-6-8-10/h4-8,11,16H,9H2,1-3H3,(H,15,18). The molecule has 20 heavy (non-hydrogen) atoms. The molecule has 0 saturated carbocycles. The molecule has 0 spiro atoms. The fourth-order valence-electron chi connectivity index (χ4n) is 1.38. The molecule has 110 valence electrons. The van der Waals surface area contributed by atoms with Gasteiger partial charge in [0.1, 0.15) is 5.60 Å². The van der Waals surface area contributed by atoms with Crippen molar-refractivity contribution in [1.82, 2.24) is 5.48 Å². The molecule has 1 amide bonds. The predicted molar refractivity (Wildman–Crippen MR) is 71.6 cm³/mol. The van der Waals surface area contributed by atoms with E-state index in [1.54, 1.807) is 45.0 Å². The minimum absolute atomic E-state index is 0.107. The third-order valence-electron chi connectivity index (χ3n) is 2.18. The van der Waals surface area contributed by atoms with Crippen molar-refractivity contribution in [2.24, 2.45) is 0 Å². The van der Waals surface area contributed by atoms with Crippen LogP contribution in [0, 0.1) is 0 Å². The van der Waals surface area contributed by atoms with Gasteiger partial charge in [-0.15, -0.1) is 5.48 Å². The summed E-state index contributed by atoms with van der Waals surface area (Å²) in [6, 6.07) is 8.98. The normalized spacial score (nSPS) is 12.4. The lowest BCUT2D eigenvalue weighted by molar-refractivity contribution is -0.160. The Morgan fingerprint density at radius 2 is 1.85 bits per heavy atom. The van der Waals surface area contributed by atoms with Gasteiger partial charge in [0.05, 0.1) is 0 Å². The Morgan fingerprint density at radius 1 is 1.25 bits per heavy atom. The highest BCUT2D eigenvalue weighted by Gasteiger charge is 2.21. The number of hydrogen-bond acceptors (Lipinski definition) is 5. The van der Waals surface area contributed by atoms with Crippen LogP contribution in [0.5, 0.6) is 0 Å². The fraction of sp³-hybridized carbons (Fsp3) is 0.429. The van der Waals surface area contributed by atoms with E-state index in [1.807, 2.05) is 11.5 Å². The van der Waals surface area contributed by atoms with Crippen molar-refractivity contribution in [2.75, 3.05) is 0 Å². The number of benzene rings is 1. The molecule has 0 bridgehead atoms. The quantitative estimate of drug-likeness (QED) is 0.821. The molecule has 0 aliphatic rings. The number of nitrogens with one attached hydrogen (secondary N) is 1. The van der Waals surface area contributed by atoms with Gasteiger partial charge < -0.3 is 14.7 Å². The van der Waals surface area contributed by atoms with Gasteiger partial charge in [-0.1, -0.05) is 30.3 Å². The lowest BCUT2D eigenvalue weighted by Gasteiger charge is -2.19. The molecule has 6 nitrogen and oxygen atoms in total. The van der Waals surface area contributed by atoms with Gasteiger partial charge in [-0.3, -0.25) is 0 Å². The van der Waals surface area contributed by atoms with Crippen LogP contribution in [0.3, 0.4) is 0 Å². The third-order valence-corrected chi connectivity index (χ3v) is 2.18. The van der Waals surface area contributed by atoms with E-state index in [4.69, 9.17) is 4.74 Å². The van der Waals surface area contributed by atoms with Gasteiger partial charge in [0, 0.05) is 6.42 Å². The maximum absolute atomic E-state index is 11.5. The number of carbonyl (C=O) groups excluding carboxylic acids is 2. The molecule has 0 radical (unpaired) electrons. The zero-order valence-corrected chi connectivity index (χ0v) is 11.8. The highest BCUT2D eigenvalue weighted by Crippen LogP contribution is 2.07. The molecule has 0 aromatic heterocycles. The summed E-state index contributed by atoms with van der Waals surface area (Å²) in [5, 5.41) is 9.65. The molecule has 0 aliphatic heterocycles. The highest BCUT2D eigenvalue weighted by molar-refractivity contribution is 5.77. The number of hydroxylamine groups is 1. The first kappa shape index (κ1) is 16.0. The second-order valence-electron chi connectivity index (χ2n) is 5.23. The maximum Gasteiger partial charge on any atom is 0.441 e. The Bertz CT molecular complexity index is 452. The molecule has 1 rings (SSSR count). The minimum Gasteiger partial charge on any atom is -0.442 e. The Hall–Kier alpha value is -2.08. The summed E-state index contributed by atoms with van der Waals surface area (Å²) in [7, 11) is 0. The van der Waals surface area contributed by atoms with Crippen molar-refractivity contribution in [3.63, 3.8) is 0 Å². The first-order valence-electron chi connectivity index (χ1n) is 6.19. The number of aliphatic hydroxyl groups is 1. The molecule has 2 N–H and O–H groups in total. The summed E-state index contributed by atoms with van der Waals surface area (Å²) >= 11 is 0. The van der Waals surface area contributed by atoms with Gasteiger partial charge in [-0.25, -0.2) is 9.59 Å². The number of hydrogen-bond donors (Lipinski definition) is 2. The molecule has 1 unspecified atom stereocenters. The predicted octanol–water partition coefficient (Wildman–Crippen LogP) is 1.57. The van der Waals surface area contributed by atoms with Crippen LogP contribution in [-0.4, -0.2) is 28.9 Å². The topological polar surface area (TPSA) is 84.9 Å². The molecule has 1 aromatic carbocycles. The zero-order chi connectivity index (χ0) is 15.2. The Labute approximate surface area is 117 Å². The van der Waals surface area contributed by atoms with Crippen LogP contribution in [-0.2, 0) is 20.8 Å². The molecular formula is C14H19NO5. The van der Waals surface area contributed by atoms with E-state index in [2.05, 4.69) is 4.84 Å². The van der Waals surface area contributed by atoms with Gasteiger partial charge in [-0.05, 0) is 26.3 Å². The SMILES string of the molecule is CC(C)(C)OC(=O)NOC(=O)C(O)Cc1ccccc1. The van der Waals surface area contributed by atoms with E-state index >= 15 is 0 Å². The van der Waals surface area contributed by atoms with E-state index < -0.39 is 23.8 Å². The Kier molecular flexibility index (Phi) is 5.52.